The maximum absolute atomic E-state index is 14.1. The van der Waals surface area contributed by atoms with Crippen molar-refractivity contribution in [1.29, 1.82) is 0 Å². The zero-order valence-corrected chi connectivity index (χ0v) is 16.0. The van der Waals surface area contributed by atoms with Crippen molar-refractivity contribution in [3.8, 4) is 0 Å². The fourth-order valence-corrected chi connectivity index (χ4v) is 4.22. The standard InChI is InChI=1S/C19H14FN3O4S/c1-4-10-12-13(14-17(21-10)22(2)19(27)23(3)18(14)26)11(24)7-8(15(12)25)16-9(20)5-6-28-16/h5-7H,4H2,1-3H3. The number of carbonyl (C=O) groups is 2. The predicted octanol–water partition coefficient (Wildman–Crippen LogP) is 1.86. The summed E-state index contributed by atoms with van der Waals surface area (Å²) in [4.78, 5) is 55.6. The predicted molar refractivity (Wildman–Crippen MR) is 103 cm³/mol. The Bertz CT molecular complexity index is 1360. The van der Waals surface area contributed by atoms with Gasteiger partial charge in [0.25, 0.3) is 5.56 Å². The summed E-state index contributed by atoms with van der Waals surface area (Å²) in [6.07, 6.45) is 1.35. The number of hydrogen-bond donors (Lipinski definition) is 0. The van der Waals surface area contributed by atoms with Crippen LogP contribution in [0.3, 0.4) is 0 Å². The Kier molecular flexibility index (Phi) is 4.00. The molecule has 0 N–H and O–H groups in total. The molecule has 0 aliphatic heterocycles. The van der Waals surface area contributed by atoms with Crippen LogP contribution in [0.1, 0.15) is 38.2 Å². The van der Waals surface area contributed by atoms with E-state index in [9.17, 15) is 23.6 Å². The van der Waals surface area contributed by atoms with Gasteiger partial charge in [0.2, 0.25) is 0 Å². The summed E-state index contributed by atoms with van der Waals surface area (Å²) in [6.45, 7) is 1.75. The summed E-state index contributed by atoms with van der Waals surface area (Å²) >= 11 is 1.02. The fourth-order valence-electron chi connectivity index (χ4n) is 3.44. The van der Waals surface area contributed by atoms with Crippen LogP contribution in [0.4, 0.5) is 4.39 Å². The average molecular weight is 399 g/mol. The molecule has 0 saturated heterocycles. The molecule has 0 spiro atoms. The van der Waals surface area contributed by atoms with Crippen molar-refractivity contribution in [2.75, 3.05) is 0 Å². The smallest absolute Gasteiger partial charge is 0.289 e. The van der Waals surface area contributed by atoms with Gasteiger partial charge in [0.15, 0.2) is 11.6 Å². The van der Waals surface area contributed by atoms with E-state index in [1.54, 1.807) is 6.92 Å². The molecule has 28 heavy (non-hydrogen) atoms. The Morgan fingerprint density at radius 1 is 1.11 bits per heavy atom. The molecule has 0 unspecified atom stereocenters. The quantitative estimate of drug-likeness (QED) is 0.656. The van der Waals surface area contributed by atoms with Crippen LogP contribution in [-0.2, 0) is 20.5 Å². The number of rotatable bonds is 2. The third-order valence-electron chi connectivity index (χ3n) is 4.85. The number of pyridine rings is 1. The monoisotopic (exact) mass is 399 g/mol. The second-order valence-electron chi connectivity index (χ2n) is 6.42. The highest BCUT2D eigenvalue weighted by Crippen LogP contribution is 2.35. The number of aromatic nitrogens is 3. The number of ketones is 2. The van der Waals surface area contributed by atoms with Crippen molar-refractivity contribution < 1.29 is 14.0 Å². The third-order valence-corrected chi connectivity index (χ3v) is 5.78. The first-order valence-corrected chi connectivity index (χ1v) is 9.32. The van der Waals surface area contributed by atoms with Gasteiger partial charge in [0, 0.05) is 19.7 Å². The summed E-state index contributed by atoms with van der Waals surface area (Å²) in [5, 5.41) is 1.40. The molecule has 0 fully saturated rings. The van der Waals surface area contributed by atoms with Crippen LogP contribution in [0, 0.1) is 5.82 Å². The van der Waals surface area contributed by atoms with E-state index in [1.165, 1.54) is 30.1 Å². The summed E-state index contributed by atoms with van der Waals surface area (Å²) in [5.41, 5.74) is -1.09. The van der Waals surface area contributed by atoms with Crippen molar-refractivity contribution in [1.82, 2.24) is 14.1 Å². The lowest BCUT2D eigenvalue weighted by molar-refractivity contribution is 0.100. The van der Waals surface area contributed by atoms with Crippen molar-refractivity contribution in [2.45, 2.75) is 13.3 Å². The highest BCUT2D eigenvalue weighted by atomic mass is 32.1. The van der Waals surface area contributed by atoms with Gasteiger partial charge in [-0.1, -0.05) is 6.92 Å². The highest BCUT2D eigenvalue weighted by Gasteiger charge is 2.34. The number of aryl methyl sites for hydroxylation is 2. The largest absolute Gasteiger partial charge is 0.332 e. The Morgan fingerprint density at radius 3 is 2.43 bits per heavy atom. The van der Waals surface area contributed by atoms with Crippen LogP contribution in [0.5, 0.6) is 0 Å². The van der Waals surface area contributed by atoms with Gasteiger partial charge in [-0.2, -0.15) is 0 Å². The zero-order chi connectivity index (χ0) is 20.3. The summed E-state index contributed by atoms with van der Waals surface area (Å²) < 4.78 is 16.1. The van der Waals surface area contributed by atoms with Gasteiger partial charge in [0.1, 0.15) is 11.5 Å². The molecule has 0 amide bonds. The van der Waals surface area contributed by atoms with E-state index < -0.39 is 28.6 Å². The van der Waals surface area contributed by atoms with Gasteiger partial charge >= 0.3 is 5.69 Å². The number of Topliss-reactive ketones (excluding diaryl/α,β-unsaturated/α-hetero) is 1. The molecule has 1 aliphatic carbocycles. The van der Waals surface area contributed by atoms with Crippen LogP contribution in [0.25, 0.3) is 16.6 Å². The molecule has 9 heteroatoms. The van der Waals surface area contributed by atoms with E-state index in [0.717, 1.165) is 22.0 Å². The summed E-state index contributed by atoms with van der Waals surface area (Å²) in [7, 11) is 2.74. The van der Waals surface area contributed by atoms with Gasteiger partial charge in [-0.3, -0.25) is 23.5 Å². The highest BCUT2D eigenvalue weighted by molar-refractivity contribution is 7.11. The molecule has 0 radical (unpaired) electrons. The summed E-state index contributed by atoms with van der Waals surface area (Å²) in [5.74, 6) is -1.74. The van der Waals surface area contributed by atoms with Crippen molar-refractivity contribution >= 4 is 39.5 Å². The van der Waals surface area contributed by atoms with Crippen LogP contribution in [-0.4, -0.2) is 25.7 Å². The van der Waals surface area contributed by atoms with Crippen LogP contribution in [0.15, 0.2) is 27.1 Å². The second kappa shape index (κ2) is 6.16. The van der Waals surface area contributed by atoms with Gasteiger partial charge in [-0.25, -0.2) is 14.2 Å². The molecule has 7 nitrogen and oxygen atoms in total. The van der Waals surface area contributed by atoms with E-state index >= 15 is 0 Å². The SMILES string of the molecule is CCc1nc2c(c3c1C(=O)C(c1sccc1F)=CC3=O)c(=O)n(C)c(=O)n2C. The first kappa shape index (κ1) is 18.2. The van der Waals surface area contributed by atoms with E-state index in [4.69, 9.17) is 0 Å². The third kappa shape index (κ3) is 2.29. The molecule has 4 rings (SSSR count). The minimum absolute atomic E-state index is 0.000971. The number of thiophene rings is 1. The van der Waals surface area contributed by atoms with Crippen molar-refractivity contribution in [3.63, 3.8) is 0 Å². The number of halogens is 1. The number of fused-ring (bicyclic) bond motifs is 3. The maximum atomic E-state index is 14.1. The van der Waals surface area contributed by atoms with Crippen LogP contribution < -0.4 is 11.2 Å². The molecule has 142 valence electrons. The first-order chi connectivity index (χ1) is 13.3. The number of hydrogen-bond acceptors (Lipinski definition) is 6. The van der Waals surface area contributed by atoms with Gasteiger partial charge in [0.05, 0.1) is 27.1 Å². The lowest BCUT2D eigenvalue weighted by Crippen LogP contribution is -2.39. The topological polar surface area (TPSA) is 91.0 Å². The molecule has 0 saturated carbocycles. The van der Waals surface area contributed by atoms with E-state index in [-0.39, 0.29) is 38.3 Å². The zero-order valence-electron chi connectivity index (χ0n) is 15.2. The molecule has 0 atom stereocenters. The lowest BCUT2D eigenvalue weighted by atomic mass is 9.85. The lowest BCUT2D eigenvalue weighted by Gasteiger charge is -2.20. The molecular weight excluding hydrogens is 385 g/mol. The minimum Gasteiger partial charge on any atom is -0.289 e. The number of allylic oxidation sites excluding steroid dienone is 2. The molecule has 3 aromatic heterocycles. The molecular formula is C19H14FN3O4S. The Balaban J connectivity index is 2.17. The second-order valence-corrected chi connectivity index (χ2v) is 7.33. The maximum Gasteiger partial charge on any atom is 0.332 e. The number of carbonyl (C=O) groups excluding carboxylic acids is 2. The minimum atomic E-state index is -0.704. The molecule has 0 bridgehead atoms. The van der Waals surface area contributed by atoms with Gasteiger partial charge < -0.3 is 0 Å². The summed E-state index contributed by atoms with van der Waals surface area (Å²) in [6, 6.07) is 1.22. The molecule has 1 aliphatic rings. The van der Waals surface area contributed by atoms with Crippen LogP contribution in [0.2, 0.25) is 0 Å². The van der Waals surface area contributed by atoms with E-state index in [1.807, 2.05) is 0 Å². The Morgan fingerprint density at radius 2 is 1.82 bits per heavy atom. The van der Waals surface area contributed by atoms with Crippen molar-refractivity contribution in [3.05, 3.63) is 65.9 Å². The normalized spacial score (nSPS) is 13.8. The van der Waals surface area contributed by atoms with E-state index in [0.29, 0.717) is 6.42 Å². The van der Waals surface area contributed by atoms with E-state index in [2.05, 4.69) is 4.98 Å². The van der Waals surface area contributed by atoms with Gasteiger partial charge in [-0.05, 0) is 23.9 Å². The molecule has 0 aromatic carbocycles. The Hall–Kier alpha value is -3.20. The average Bonchev–Trinajstić information content (AvgIpc) is 3.11. The number of nitrogens with zero attached hydrogens (tertiary/aromatic N) is 3. The Labute approximate surface area is 161 Å². The molecule has 3 heterocycles. The van der Waals surface area contributed by atoms with Crippen LogP contribution >= 0.6 is 11.3 Å². The van der Waals surface area contributed by atoms with Crippen molar-refractivity contribution in [2.24, 2.45) is 14.1 Å². The van der Waals surface area contributed by atoms with Gasteiger partial charge in [-0.15, -0.1) is 11.3 Å². The first-order valence-electron chi connectivity index (χ1n) is 8.44. The molecule has 3 aromatic rings. The fraction of sp³-hybridized carbons (Fsp3) is 0.211.